The van der Waals surface area contributed by atoms with Gasteiger partial charge in [0.1, 0.15) is 5.78 Å². The van der Waals surface area contributed by atoms with E-state index in [9.17, 15) is 4.79 Å². The second kappa shape index (κ2) is 5.91. The normalized spacial score (nSPS) is 10.4. The van der Waals surface area contributed by atoms with Gasteiger partial charge >= 0.3 is 0 Å². The molecule has 0 amide bonds. The van der Waals surface area contributed by atoms with Crippen LogP contribution >= 0.6 is 11.3 Å². The molecule has 78 valence electrons. The van der Waals surface area contributed by atoms with Crippen molar-refractivity contribution in [2.45, 2.75) is 46.0 Å². The third kappa shape index (κ3) is 4.01. The molecule has 0 aliphatic rings. The minimum absolute atomic E-state index is 0.388. The number of carbonyl (C=O) groups is 1. The fourth-order valence-electron chi connectivity index (χ4n) is 1.39. The van der Waals surface area contributed by atoms with Crippen LogP contribution in [0.2, 0.25) is 0 Å². The monoisotopic (exact) mass is 211 g/mol. The van der Waals surface area contributed by atoms with Crippen LogP contribution in [0.4, 0.5) is 0 Å². The number of hydrogen-bond acceptors (Lipinski definition) is 3. The van der Waals surface area contributed by atoms with Crippen LogP contribution in [0.3, 0.4) is 0 Å². The average Bonchev–Trinajstić information content (AvgIpc) is 2.52. The molecule has 0 atom stereocenters. The molecule has 0 fully saturated rings. The maximum Gasteiger partial charge on any atom is 0.132 e. The number of rotatable bonds is 6. The SMILES string of the molecule is CCCC(=O)CCCc1csc(C)n1. The summed E-state index contributed by atoms with van der Waals surface area (Å²) in [5, 5.41) is 3.19. The molecular weight excluding hydrogens is 194 g/mol. The highest BCUT2D eigenvalue weighted by Crippen LogP contribution is 2.11. The molecule has 0 spiro atoms. The maximum atomic E-state index is 11.2. The van der Waals surface area contributed by atoms with Crippen LogP contribution < -0.4 is 0 Å². The predicted molar refractivity (Wildman–Crippen MR) is 59.7 cm³/mol. The summed E-state index contributed by atoms with van der Waals surface area (Å²) in [5.41, 5.74) is 1.14. The number of aromatic nitrogens is 1. The van der Waals surface area contributed by atoms with Gasteiger partial charge in [0.05, 0.1) is 10.7 Å². The molecule has 1 rings (SSSR count). The van der Waals surface area contributed by atoms with Gasteiger partial charge in [0.15, 0.2) is 0 Å². The number of ketones is 1. The maximum absolute atomic E-state index is 11.2. The highest BCUT2D eigenvalue weighted by atomic mass is 32.1. The Labute approximate surface area is 89.4 Å². The second-order valence-corrected chi connectivity index (χ2v) is 4.56. The number of nitrogens with zero attached hydrogens (tertiary/aromatic N) is 1. The van der Waals surface area contributed by atoms with Gasteiger partial charge in [-0.05, 0) is 26.2 Å². The first-order chi connectivity index (χ1) is 6.72. The van der Waals surface area contributed by atoms with Crippen molar-refractivity contribution in [3.05, 3.63) is 16.1 Å². The van der Waals surface area contributed by atoms with Crippen molar-refractivity contribution >= 4 is 17.1 Å². The van der Waals surface area contributed by atoms with Gasteiger partial charge in [0.25, 0.3) is 0 Å². The molecule has 1 aromatic heterocycles. The number of aryl methyl sites for hydroxylation is 2. The fraction of sp³-hybridized carbons (Fsp3) is 0.636. The molecule has 0 N–H and O–H groups in total. The third-order valence-corrected chi connectivity index (χ3v) is 2.91. The molecule has 1 aromatic rings. The Kier molecular flexibility index (Phi) is 4.80. The first-order valence-corrected chi connectivity index (χ1v) is 6.03. The quantitative estimate of drug-likeness (QED) is 0.723. The van der Waals surface area contributed by atoms with Crippen LogP contribution in [0.1, 0.15) is 43.3 Å². The smallest absolute Gasteiger partial charge is 0.132 e. The Balaban J connectivity index is 2.18. The first kappa shape index (κ1) is 11.4. The van der Waals surface area contributed by atoms with E-state index in [1.807, 2.05) is 13.8 Å². The summed E-state index contributed by atoms with van der Waals surface area (Å²) in [6.07, 6.45) is 4.30. The van der Waals surface area contributed by atoms with Crippen molar-refractivity contribution < 1.29 is 4.79 Å². The molecule has 0 bridgehead atoms. The highest BCUT2D eigenvalue weighted by Gasteiger charge is 2.02. The molecule has 0 aromatic carbocycles. The summed E-state index contributed by atoms with van der Waals surface area (Å²) >= 11 is 1.68. The van der Waals surface area contributed by atoms with Gasteiger partial charge in [-0.3, -0.25) is 4.79 Å². The Hall–Kier alpha value is -0.700. The zero-order valence-electron chi connectivity index (χ0n) is 8.88. The molecule has 1 heterocycles. The van der Waals surface area contributed by atoms with Crippen molar-refractivity contribution in [1.82, 2.24) is 4.98 Å². The molecule has 0 saturated carbocycles. The largest absolute Gasteiger partial charge is 0.300 e. The predicted octanol–water partition coefficient (Wildman–Crippen LogP) is 3.14. The van der Waals surface area contributed by atoms with Crippen molar-refractivity contribution in [1.29, 1.82) is 0 Å². The fourth-order valence-corrected chi connectivity index (χ4v) is 2.04. The van der Waals surface area contributed by atoms with Gasteiger partial charge in [0, 0.05) is 18.2 Å². The number of thiazole rings is 1. The van der Waals surface area contributed by atoms with Crippen LogP contribution in [-0.4, -0.2) is 10.8 Å². The zero-order chi connectivity index (χ0) is 10.4. The van der Waals surface area contributed by atoms with Crippen molar-refractivity contribution in [2.24, 2.45) is 0 Å². The molecule has 0 unspecified atom stereocenters. The topological polar surface area (TPSA) is 30.0 Å². The Morgan fingerprint density at radius 3 is 2.86 bits per heavy atom. The Bertz CT molecular complexity index is 293. The van der Waals surface area contributed by atoms with E-state index in [4.69, 9.17) is 0 Å². The van der Waals surface area contributed by atoms with E-state index < -0.39 is 0 Å². The van der Waals surface area contributed by atoms with Crippen LogP contribution in [0.15, 0.2) is 5.38 Å². The number of hydrogen-bond donors (Lipinski definition) is 0. The molecule has 14 heavy (non-hydrogen) atoms. The summed E-state index contributed by atoms with van der Waals surface area (Å²) < 4.78 is 0. The molecular formula is C11H17NOS. The van der Waals surface area contributed by atoms with E-state index in [2.05, 4.69) is 10.4 Å². The third-order valence-electron chi connectivity index (χ3n) is 2.08. The van der Waals surface area contributed by atoms with Crippen molar-refractivity contribution in [3.63, 3.8) is 0 Å². The van der Waals surface area contributed by atoms with E-state index >= 15 is 0 Å². The zero-order valence-corrected chi connectivity index (χ0v) is 9.69. The standard InChI is InChI=1S/C11H17NOS/c1-3-5-11(13)7-4-6-10-8-14-9(2)12-10/h8H,3-7H2,1-2H3. The second-order valence-electron chi connectivity index (χ2n) is 3.50. The van der Waals surface area contributed by atoms with Gasteiger partial charge in [-0.1, -0.05) is 6.92 Å². The van der Waals surface area contributed by atoms with E-state index in [1.54, 1.807) is 11.3 Å². The lowest BCUT2D eigenvalue weighted by molar-refractivity contribution is -0.119. The van der Waals surface area contributed by atoms with Gasteiger partial charge in [-0.25, -0.2) is 4.98 Å². The lowest BCUT2D eigenvalue weighted by Crippen LogP contribution is -1.97. The molecule has 0 radical (unpaired) electrons. The molecule has 3 heteroatoms. The minimum atomic E-state index is 0.388. The lowest BCUT2D eigenvalue weighted by Gasteiger charge is -1.97. The summed E-state index contributed by atoms with van der Waals surface area (Å²) in [6.45, 7) is 4.05. The van der Waals surface area contributed by atoms with E-state index in [-0.39, 0.29) is 0 Å². The van der Waals surface area contributed by atoms with Gasteiger partial charge in [0.2, 0.25) is 0 Å². The minimum Gasteiger partial charge on any atom is -0.300 e. The van der Waals surface area contributed by atoms with Crippen LogP contribution in [0, 0.1) is 6.92 Å². The van der Waals surface area contributed by atoms with Crippen LogP contribution in [-0.2, 0) is 11.2 Å². The van der Waals surface area contributed by atoms with Crippen LogP contribution in [0.25, 0.3) is 0 Å². The molecule has 0 aliphatic heterocycles. The summed E-state index contributed by atoms with van der Waals surface area (Å²) in [7, 11) is 0. The first-order valence-electron chi connectivity index (χ1n) is 5.15. The van der Waals surface area contributed by atoms with Gasteiger partial charge < -0.3 is 0 Å². The van der Waals surface area contributed by atoms with Crippen molar-refractivity contribution in [2.75, 3.05) is 0 Å². The van der Waals surface area contributed by atoms with Gasteiger partial charge in [-0.2, -0.15) is 0 Å². The summed E-state index contributed by atoms with van der Waals surface area (Å²) in [5.74, 6) is 0.388. The number of Topliss-reactive ketones (excluding diaryl/α,β-unsaturated/α-hetero) is 1. The molecule has 2 nitrogen and oxygen atoms in total. The van der Waals surface area contributed by atoms with Crippen LogP contribution in [0.5, 0.6) is 0 Å². The van der Waals surface area contributed by atoms with Gasteiger partial charge in [-0.15, -0.1) is 11.3 Å². The number of carbonyl (C=O) groups excluding carboxylic acids is 1. The lowest BCUT2D eigenvalue weighted by atomic mass is 10.1. The molecule has 0 saturated heterocycles. The summed E-state index contributed by atoms with van der Waals surface area (Å²) in [6, 6.07) is 0. The van der Waals surface area contributed by atoms with E-state index in [0.29, 0.717) is 12.2 Å². The highest BCUT2D eigenvalue weighted by molar-refractivity contribution is 7.09. The van der Waals surface area contributed by atoms with E-state index in [0.717, 1.165) is 36.4 Å². The summed E-state index contributed by atoms with van der Waals surface area (Å²) in [4.78, 5) is 15.6. The van der Waals surface area contributed by atoms with E-state index in [1.165, 1.54) is 0 Å². The van der Waals surface area contributed by atoms with Crippen molar-refractivity contribution in [3.8, 4) is 0 Å². The Morgan fingerprint density at radius 1 is 1.50 bits per heavy atom. The Morgan fingerprint density at radius 2 is 2.29 bits per heavy atom. The average molecular weight is 211 g/mol. The molecule has 0 aliphatic carbocycles.